The highest BCUT2D eigenvalue weighted by Gasteiger charge is 2.02. The molecule has 0 fully saturated rings. The monoisotopic (exact) mass is 255 g/mol. The smallest absolute Gasteiger partial charge is 0.248 e. The van der Waals surface area contributed by atoms with E-state index in [1.165, 1.54) is 19.3 Å². The van der Waals surface area contributed by atoms with E-state index in [-0.39, 0.29) is 11.7 Å². The molecule has 0 aliphatic heterocycles. The Bertz CT molecular complexity index is 612. The molecular formula is C15H13NO3. The minimum Gasteiger partial charge on any atom is -0.465 e. The van der Waals surface area contributed by atoms with Gasteiger partial charge in [-0.3, -0.25) is 9.59 Å². The first-order valence-corrected chi connectivity index (χ1v) is 5.79. The Labute approximate surface area is 110 Å². The number of furan rings is 1. The summed E-state index contributed by atoms with van der Waals surface area (Å²) >= 11 is 0. The number of Topliss-reactive ketones (excluding diaryl/α,β-unsaturated/α-hetero) is 1. The van der Waals surface area contributed by atoms with E-state index >= 15 is 0 Å². The van der Waals surface area contributed by atoms with Crippen LogP contribution in [0.15, 0.2) is 53.2 Å². The van der Waals surface area contributed by atoms with E-state index in [2.05, 4.69) is 5.32 Å². The third-order valence-electron chi connectivity index (χ3n) is 2.48. The van der Waals surface area contributed by atoms with Crippen LogP contribution in [0.1, 0.15) is 23.0 Å². The van der Waals surface area contributed by atoms with Gasteiger partial charge >= 0.3 is 0 Å². The summed E-state index contributed by atoms with van der Waals surface area (Å²) in [6.07, 6.45) is 4.48. The van der Waals surface area contributed by atoms with Crippen LogP contribution in [0.4, 0.5) is 5.69 Å². The Morgan fingerprint density at radius 1 is 1.21 bits per heavy atom. The molecule has 0 aliphatic rings. The van der Waals surface area contributed by atoms with Gasteiger partial charge in [0.15, 0.2) is 5.78 Å². The van der Waals surface area contributed by atoms with Gasteiger partial charge in [-0.25, -0.2) is 0 Å². The Balaban J connectivity index is 2.03. The lowest BCUT2D eigenvalue weighted by Crippen LogP contribution is -2.08. The number of hydrogen-bond acceptors (Lipinski definition) is 3. The van der Waals surface area contributed by atoms with E-state index in [4.69, 9.17) is 4.42 Å². The highest BCUT2D eigenvalue weighted by atomic mass is 16.3. The number of rotatable bonds is 4. The highest BCUT2D eigenvalue weighted by molar-refractivity contribution is 6.02. The fourth-order valence-corrected chi connectivity index (χ4v) is 1.54. The zero-order valence-corrected chi connectivity index (χ0v) is 10.4. The molecule has 1 aromatic heterocycles. The molecule has 1 N–H and O–H groups in total. The molecule has 1 aromatic carbocycles. The highest BCUT2D eigenvalue weighted by Crippen LogP contribution is 2.11. The third-order valence-corrected chi connectivity index (χ3v) is 2.48. The maximum atomic E-state index is 11.7. The normalized spacial score (nSPS) is 10.6. The van der Waals surface area contributed by atoms with Crippen LogP contribution >= 0.6 is 0 Å². The number of nitrogens with one attached hydrogen (secondary N) is 1. The molecule has 0 saturated carbocycles. The topological polar surface area (TPSA) is 59.3 Å². The summed E-state index contributed by atoms with van der Waals surface area (Å²) in [6, 6.07) is 10.3. The van der Waals surface area contributed by atoms with E-state index in [0.29, 0.717) is 17.0 Å². The molecule has 4 heteroatoms. The van der Waals surface area contributed by atoms with Crippen LogP contribution < -0.4 is 5.32 Å². The number of hydrogen-bond donors (Lipinski definition) is 1. The molecule has 0 spiro atoms. The second kappa shape index (κ2) is 5.82. The van der Waals surface area contributed by atoms with Crippen LogP contribution in [0.5, 0.6) is 0 Å². The average Bonchev–Trinajstić information content (AvgIpc) is 2.90. The summed E-state index contributed by atoms with van der Waals surface area (Å²) in [4.78, 5) is 22.9. The Hall–Kier alpha value is -2.62. The maximum absolute atomic E-state index is 11.7. The van der Waals surface area contributed by atoms with Crippen molar-refractivity contribution in [3.63, 3.8) is 0 Å². The van der Waals surface area contributed by atoms with E-state index in [1.807, 2.05) is 0 Å². The summed E-state index contributed by atoms with van der Waals surface area (Å²) in [5.41, 5.74) is 1.15. The van der Waals surface area contributed by atoms with Crippen molar-refractivity contribution in [3.05, 3.63) is 60.1 Å². The molecule has 0 aliphatic carbocycles. The standard InChI is InChI=1S/C15H13NO3/c1-11(17)12-4-2-5-13(10-12)16-15(18)8-7-14-6-3-9-19-14/h2-10H,1H3,(H,16,18). The van der Waals surface area contributed by atoms with Gasteiger partial charge in [-0.05, 0) is 37.3 Å². The minimum absolute atomic E-state index is 0.0396. The number of anilines is 1. The van der Waals surface area contributed by atoms with Gasteiger partial charge in [-0.2, -0.15) is 0 Å². The first-order valence-electron chi connectivity index (χ1n) is 5.79. The lowest BCUT2D eigenvalue weighted by molar-refractivity contribution is -0.111. The summed E-state index contributed by atoms with van der Waals surface area (Å²) in [7, 11) is 0. The largest absolute Gasteiger partial charge is 0.465 e. The zero-order chi connectivity index (χ0) is 13.7. The summed E-state index contributed by atoms with van der Waals surface area (Å²) in [5.74, 6) is 0.284. The fourth-order valence-electron chi connectivity index (χ4n) is 1.54. The number of ketones is 1. The van der Waals surface area contributed by atoms with Crippen LogP contribution in [-0.2, 0) is 4.79 Å². The Morgan fingerprint density at radius 2 is 2.05 bits per heavy atom. The first-order chi connectivity index (χ1) is 9.15. The van der Waals surface area contributed by atoms with E-state index in [9.17, 15) is 9.59 Å². The molecule has 2 aromatic rings. The predicted octanol–water partition coefficient (Wildman–Crippen LogP) is 3.13. The minimum atomic E-state index is -0.280. The van der Waals surface area contributed by atoms with Gasteiger partial charge in [0, 0.05) is 17.3 Å². The van der Waals surface area contributed by atoms with Crippen LogP contribution in [0.3, 0.4) is 0 Å². The fraction of sp³-hybridized carbons (Fsp3) is 0.0667. The van der Waals surface area contributed by atoms with Gasteiger partial charge in [0.1, 0.15) is 5.76 Å². The average molecular weight is 255 g/mol. The van der Waals surface area contributed by atoms with Crippen molar-refractivity contribution in [1.82, 2.24) is 0 Å². The molecule has 19 heavy (non-hydrogen) atoms. The van der Waals surface area contributed by atoms with Crippen molar-refractivity contribution in [1.29, 1.82) is 0 Å². The van der Waals surface area contributed by atoms with Crippen LogP contribution in [-0.4, -0.2) is 11.7 Å². The van der Waals surface area contributed by atoms with Gasteiger partial charge in [0.05, 0.1) is 6.26 Å². The van der Waals surface area contributed by atoms with Gasteiger partial charge in [-0.1, -0.05) is 12.1 Å². The predicted molar refractivity (Wildman–Crippen MR) is 72.8 cm³/mol. The summed E-state index contributed by atoms with van der Waals surface area (Å²) < 4.78 is 5.07. The molecule has 2 rings (SSSR count). The number of benzene rings is 1. The molecule has 96 valence electrons. The summed E-state index contributed by atoms with van der Waals surface area (Å²) in [6.45, 7) is 1.48. The SMILES string of the molecule is CC(=O)c1cccc(NC(=O)C=Cc2ccco2)c1. The molecule has 0 saturated heterocycles. The van der Waals surface area contributed by atoms with Crippen molar-refractivity contribution < 1.29 is 14.0 Å². The van der Waals surface area contributed by atoms with Crippen molar-refractivity contribution in [2.24, 2.45) is 0 Å². The second-order valence-corrected chi connectivity index (χ2v) is 3.97. The van der Waals surface area contributed by atoms with Crippen molar-refractivity contribution >= 4 is 23.5 Å². The van der Waals surface area contributed by atoms with Gasteiger partial charge in [0.2, 0.25) is 5.91 Å². The van der Waals surface area contributed by atoms with Crippen LogP contribution in [0, 0.1) is 0 Å². The third kappa shape index (κ3) is 3.67. The lowest BCUT2D eigenvalue weighted by atomic mass is 10.1. The van der Waals surface area contributed by atoms with Gasteiger partial charge in [-0.15, -0.1) is 0 Å². The molecule has 0 atom stereocenters. The molecule has 0 radical (unpaired) electrons. The van der Waals surface area contributed by atoms with Crippen LogP contribution in [0.2, 0.25) is 0 Å². The summed E-state index contributed by atoms with van der Waals surface area (Å²) in [5, 5.41) is 2.68. The Morgan fingerprint density at radius 3 is 2.74 bits per heavy atom. The van der Waals surface area contributed by atoms with Crippen LogP contribution in [0.25, 0.3) is 6.08 Å². The van der Waals surface area contributed by atoms with Crippen molar-refractivity contribution in [2.45, 2.75) is 6.92 Å². The van der Waals surface area contributed by atoms with Crippen molar-refractivity contribution in [2.75, 3.05) is 5.32 Å². The first kappa shape index (κ1) is 12.8. The lowest BCUT2D eigenvalue weighted by Gasteiger charge is -2.03. The second-order valence-electron chi connectivity index (χ2n) is 3.97. The zero-order valence-electron chi connectivity index (χ0n) is 10.4. The van der Waals surface area contributed by atoms with E-state index in [1.54, 1.807) is 42.5 Å². The van der Waals surface area contributed by atoms with Gasteiger partial charge < -0.3 is 9.73 Å². The number of carbonyl (C=O) groups excluding carboxylic acids is 2. The molecule has 1 heterocycles. The molecule has 0 bridgehead atoms. The van der Waals surface area contributed by atoms with Crippen molar-refractivity contribution in [3.8, 4) is 0 Å². The number of amides is 1. The Kier molecular flexibility index (Phi) is 3.93. The van der Waals surface area contributed by atoms with Gasteiger partial charge in [0.25, 0.3) is 0 Å². The number of carbonyl (C=O) groups is 2. The molecule has 0 unspecified atom stereocenters. The van der Waals surface area contributed by atoms with E-state index < -0.39 is 0 Å². The molecule has 4 nitrogen and oxygen atoms in total. The maximum Gasteiger partial charge on any atom is 0.248 e. The molecule has 1 amide bonds. The quantitative estimate of drug-likeness (QED) is 0.674. The molecular weight excluding hydrogens is 242 g/mol. The van der Waals surface area contributed by atoms with E-state index in [0.717, 1.165) is 0 Å².